The van der Waals surface area contributed by atoms with Gasteiger partial charge in [-0.15, -0.1) is 0 Å². The second kappa shape index (κ2) is 12.2. The second-order valence-corrected chi connectivity index (χ2v) is 9.00. The number of hydrogen-bond donors (Lipinski definition) is 3. The van der Waals surface area contributed by atoms with Crippen molar-refractivity contribution < 1.29 is 28.5 Å². The van der Waals surface area contributed by atoms with Crippen molar-refractivity contribution in [1.29, 1.82) is 0 Å². The summed E-state index contributed by atoms with van der Waals surface area (Å²) in [6.07, 6.45) is 2.81. The highest BCUT2D eigenvalue weighted by Gasteiger charge is 2.27. The van der Waals surface area contributed by atoms with E-state index in [1.54, 1.807) is 20.3 Å². The molecule has 0 bridgehead atoms. The number of amides is 1. The maximum atomic E-state index is 14.9. The monoisotopic (exact) mass is 500 g/mol. The smallest absolute Gasteiger partial charge is 0.207 e. The predicted molar refractivity (Wildman–Crippen MR) is 135 cm³/mol. The Morgan fingerprint density at radius 2 is 1.97 bits per heavy atom. The molecule has 2 aliphatic heterocycles. The van der Waals surface area contributed by atoms with Crippen molar-refractivity contribution in [3.05, 3.63) is 42.2 Å². The Kier molecular flexibility index (Phi) is 8.74. The molecule has 5 rings (SSSR count). The summed E-state index contributed by atoms with van der Waals surface area (Å²) < 4.78 is 30.5. The quantitative estimate of drug-likeness (QED) is 0.428. The zero-order valence-corrected chi connectivity index (χ0v) is 20.6. The number of hydrogen-bond acceptors (Lipinski definition) is 7. The van der Waals surface area contributed by atoms with Crippen LogP contribution < -0.4 is 15.0 Å². The molecule has 1 aromatic carbocycles. The van der Waals surface area contributed by atoms with Crippen molar-refractivity contribution in [2.45, 2.75) is 37.5 Å². The molecule has 2 atom stereocenters. The molecule has 2 aromatic heterocycles. The molecular weight excluding hydrogens is 467 g/mol. The van der Waals surface area contributed by atoms with E-state index in [9.17, 15) is 14.3 Å². The number of nitrogens with zero attached hydrogens (tertiary/aromatic N) is 2. The number of carbonyl (C=O) groups is 1. The van der Waals surface area contributed by atoms with Gasteiger partial charge in [0.1, 0.15) is 11.8 Å². The SMILES string of the molecule is COC.O=CNC1CCN(c2ccc(-c3nc4cc(O[C@@H]5COC(CO)C5)[nH]c4cc3F)cc2)CC1. The average Bonchev–Trinajstić information content (AvgIpc) is 3.51. The maximum Gasteiger partial charge on any atom is 0.207 e. The average molecular weight is 501 g/mol. The number of piperidine rings is 1. The second-order valence-electron chi connectivity index (χ2n) is 9.00. The number of ether oxygens (including phenoxy) is 3. The van der Waals surface area contributed by atoms with Crippen LogP contribution in [-0.4, -0.2) is 80.3 Å². The Morgan fingerprint density at radius 3 is 2.61 bits per heavy atom. The fraction of sp³-hybridized carbons (Fsp3) is 0.462. The number of methoxy groups -OCH3 is 1. The Labute approximate surface area is 209 Å². The summed E-state index contributed by atoms with van der Waals surface area (Å²) in [5.41, 5.74) is 3.24. The molecule has 9 nitrogen and oxygen atoms in total. The van der Waals surface area contributed by atoms with E-state index < -0.39 is 5.82 Å². The zero-order valence-electron chi connectivity index (χ0n) is 20.6. The number of halogens is 1. The van der Waals surface area contributed by atoms with Crippen LogP contribution in [0.25, 0.3) is 22.3 Å². The first-order valence-corrected chi connectivity index (χ1v) is 12.1. The number of aromatic amines is 1. The molecule has 0 aliphatic carbocycles. The summed E-state index contributed by atoms with van der Waals surface area (Å²) in [5.74, 6) is 0.0954. The highest BCUT2D eigenvalue weighted by molar-refractivity contribution is 5.81. The number of benzene rings is 1. The lowest BCUT2D eigenvalue weighted by Gasteiger charge is -2.33. The van der Waals surface area contributed by atoms with Gasteiger partial charge in [0.2, 0.25) is 6.41 Å². The minimum absolute atomic E-state index is 0.0306. The number of H-pyrrole nitrogens is 1. The molecule has 2 aliphatic rings. The van der Waals surface area contributed by atoms with Crippen LogP contribution in [0.1, 0.15) is 19.3 Å². The van der Waals surface area contributed by atoms with E-state index in [2.05, 4.69) is 24.9 Å². The third-order valence-electron chi connectivity index (χ3n) is 6.38. The van der Waals surface area contributed by atoms with Gasteiger partial charge in [0.15, 0.2) is 11.7 Å². The summed E-state index contributed by atoms with van der Waals surface area (Å²) >= 11 is 0. The Balaban J connectivity index is 0.000000967. The Bertz CT molecular complexity index is 1130. The van der Waals surface area contributed by atoms with Crippen LogP contribution in [0.5, 0.6) is 5.88 Å². The third-order valence-corrected chi connectivity index (χ3v) is 6.38. The number of rotatable bonds is 7. The van der Waals surface area contributed by atoms with E-state index in [1.807, 2.05) is 24.3 Å². The molecule has 0 radical (unpaired) electrons. The number of fused-ring (bicyclic) bond motifs is 1. The first kappa shape index (κ1) is 25.9. The van der Waals surface area contributed by atoms with Gasteiger partial charge < -0.3 is 34.5 Å². The molecule has 3 N–H and O–H groups in total. The van der Waals surface area contributed by atoms with E-state index in [4.69, 9.17) is 9.47 Å². The van der Waals surface area contributed by atoms with Gasteiger partial charge >= 0.3 is 0 Å². The van der Waals surface area contributed by atoms with Crippen LogP contribution >= 0.6 is 0 Å². The molecule has 0 saturated carbocycles. The highest BCUT2D eigenvalue weighted by Crippen LogP contribution is 2.30. The molecular formula is C26H33FN4O5. The molecule has 2 fully saturated rings. The first-order valence-electron chi connectivity index (χ1n) is 12.1. The van der Waals surface area contributed by atoms with Crippen molar-refractivity contribution in [3.8, 4) is 17.1 Å². The molecule has 4 heterocycles. The predicted octanol–water partition coefficient (Wildman–Crippen LogP) is 2.88. The standard InChI is InChI=1S/C24H27FN4O4.C2H6O/c25-20-10-21-22(11-23(27-21)33-19-9-18(12-30)32-13-19)28-24(20)15-1-3-17(4-2-15)29-7-5-16(6-8-29)26-14-31;1-3-2/h1-4,10-11,14,16,18-19,27,30H,5-9,12-13H2,(H,26,31);1-2H3/t18?,19-;/m0./s1. The molecule has 10 heteroatoms. The molecule has 3 aromatic rings. The van der Waals surface area contributed by atoms with Gasteiger partial charge in [-0.2, -0.15) is 0 Å². The number of nitrogens with one attached hydrogen (secondary N) is 2. The lowest BCUT2D eigenvalue weighted by molar-refractivity contribution is -0.110. The normalized spacial score (nSPS) is 20.2. The van der Waals surface area contributed by atoms with E-state index in [-0.39, 0.29) is 30.6 Å². The molecule has 1 unspecified atom stereocenters. The molecule has 1 amide bonds. The Morgan fingerprint density at radius 1 is 1.25 bits per heavy atom. The minimum atomic E-state index is -0.408. The number of anilines is 1. The lowest BCUT2D eigenvalue weighted by Crippen LogP contribution is -2.42. The Hall–Kier alpha value is -3.21. The van der Waals surface area contributed by atoms with Crippen LogP contribution in [-0.2, 0) is 14.3 Å². The topological polar surface area (TPSA) is 109 Å². The first-order chi connectivity index (χ1) is 17.5. The van der Waals surface area contributed by atoms with Crippen molar-refractivity contribution in [1.82, 2.24) is 15.3 Å². The molecule has 0 spiro atoms. The van der Waals surface area contributed by atoms with Gasteiger partial charge in [0, 0.05) is 63.2 Å². The van der Waals surface area contributed by atoms with Gasteiger partial charge in [0.05, 0.1) is 30.4 Å². The van der Waals surface area contributed by atoms with E-state index in [1.165, 1.54) is 6.07 Å². The largest absolute Gasteiger partial charge is 0.473 e. The summed E-state index contributed by atoms with van der Waals surface area (Å²) in [4.78, 5) is 20.5. The fourth-order valence-corrected chi connectivity index (χ4v) is 4.56. The number of pyridine rings is 1. The third kappa shape index (κ3) is 6.13. The molecule has 36 heavy (non-hydrogen) atoms. The zero-order chi connectivity index (χ0) is 25.5. The summed E-state index contributed by atoms with van der Waals surface area (Å²) in [6, 6.07) is 11.2. The number of aliphatic hydroxyl groups is 1. The van der Waals surface area contributed by atoms with E-state index >= 15 is 0 Å². The van der Waals surface area contributed by atoms with Gasteiger partial charge in [-0.1, -0.05) is 12.1 Å². The molecule has 194 valence electrons. The van der Waals surface area contributed by atoms with Crippen LogP contribution in [0.15, 0.2) is 36.4 Å². The van der Waals surface area contributed by atoms with Gasteiger partial charge in [-0.05, 0) is 25.0 Å². The van der Waals surface area contributed by atoms with E-state index in [0.717, 1.165) is 38.0 Å². The fourth-order valence-electron chi connectivity index (χ4n) is 4.56. The highest BCUT2D eigenvalue weighted by atomic mass is 19.1. The summed E-state index contributed by atoms with van der Waals surface area (Å²) in [6.45, 7) is 2.10. The van der Waals surface area contributed by atoms with Crippen molar-refractivity contribution in [2.24, 2.45) is 0 Å². The number of aliphatic hydroxyl groups excluding tert-OH is 1. The van der Waals surface area contributed by atoms with Gasteiger partial charge in [0.25, 0.3) is 0 Å². The number of carbonyl (C=O) groups excluding carboxylic acids is 1. The van der Waals surface area contributed by atoms with Crippen LogP contribution in [0, 0.1) is 5.82 Å². The maximum absolute atomic E-state index is 14.9. The van der Waals surface area contributed by atoms with Crippen LogP contribution in [0.3, 0.4) is 0 Å². The lowest BCUT2D eigenvalue weighted by atomic mass is 10.0. The van der Waals surface area contributed by atoms with E-state index in [0.29, 0.717) is 35.5 Å². The molecule has 2 saturated heterocycles. The van der Waals surface area contributed by atoms with Crippen molar-refractivity contribution in [3.63, 3.8) is 0 Å². The summed E-state index contributed by atoms with van der Waals surface area (Å²) in [5, 5.41) is 12.0. The van der Waals surface area contributed by atoms with Gasteiger partial charge in [-0.25, -0.2) is 9.37 Å². The summed E-state index contributed by atoms with van der Waals surface area (Å²) in [7, 11) is 3.25. The van der Waals surface area contributed by atoms with Crippen LogP contribution in [0.2, 0.25) is 0 Å². The van der Waals surface area contributed by atoms with Crippen molar-refractivity contribution in [2.75, 3.05) is 45.4 Å². The minimum Gasteiger partial charge on any atom is -0.473 e. The van der Waals surface area contributed by atoms with Crippen molar-refractivity contribution >= 4 is 23.1 Å². The van der Waals surface area contributed by atoms with Crippen LogP contribution in [0.4, 0.5) is 10.1 Å². The van der Waals surface area contributed by atoms with Gasteiger partial charge in [-0.3, -0.25) is 4.79 Å². The number of aromatic nitrogens is 2.